The second-order valence-electron chi connectivity index (χ2n) is 4.63. The number of carbonyl (C=O) groups is 1. The molecule has 0 fully saturated rings. The van der Waals surface area contributed by atoms with Crippen LogP contribution >= 0.6 is 15.9 Å². The number of non-ortho nitro benzene ring substituents is 1. The first-order valence-electron chi connectivity index (χ1n) is 6.54. The summed E-state index contributed by atoms with van der Waals surface area (Å²) in [4.78, 5) is 31.8. The van der Waals surface area contributed by atoms with E-state index in [9.17, 15) is 30.1 Å². The number of nitrogens with zero attached hydrogens (tertiary/aromatic N) is 3. The molecule has 25 heavy (non-hydrogen) atoms. The molecular formula is C14H9BrN4O6. The predicted molar refractivity (Wildman–Crippen MR) is 90.6 cm³/mol. The number of aromatic hydroxyl groups is 1. The third-order valence-electron chi connectivity index (χ3n) is 2.97. The summed E-state index contributed by atoms with van der Waals surface area (Å²) in [5, 5.41) is 35.0. The highest BCUT2D eigenvalue weighted by atomic mass is 79.9. The van der Waals surface area contributed by atoms with Crippen LogP contribution in [0.5, 0.6) is 5.75 Å². The SMILES string of the molecule is O=C(NN=Cc1cc([N+](=O)[O-])cc([N+](=O)[O-])c1O)c1cccc(Br)c1. The van der Waals surface area contributed by atoms with Crippen LogP contribution in [0.2, 0.25) is 0 Å². The van der Waals surface area contributed by atoms with Crippen LogP contribution in [0.15, 0.2) is 46.0 Å². The predicted octanol–water partition coefficient (Wildman–Crippen LogP) is 2.74. The van der Waals surface area contributed by atoms with Gasteiger partial charge in [-0.1, -0.05) is 22.0 Å². The molecule has 0 saturated carbocycles. The van der Waals surface area contributed by atoms with Gasteiger partial charge in [-0.2, -0.15) is 5.10 Å². The summed E-state index contributed by atoms with van der Waals surface area (Å²) in [6.45, 7) is 0. The van der Waals surface area contributed by atoms with Gasteiger partial charge < -0.3 is 5.11 Å². The van der Waals surface area contributed by atoms with E-state index in [1.54, 1.807) is 18.2 Å². The van der Waals surface area contributed by atoms with Crippen molar-refractivity contribution in [2.75, 3.05) is 0 Å². The molecule has 2 N–H and O–H groups in total. The van der Waals surface area contributed by atoms with E-state index >= 15 is 0 Å². The number of phenols is 1. The normalized spacial score (nSPS) is 10.6. The Balaban J connectivity index is 2.27. The Morgan fingerprint density at radius 3 is 2.52 bits per heavy atom. The maximum Gasteiger partial charge on any atom is 0.318 e. The number of phenolic OH excluding ortho intramolecular Hbond substituents is 1. The number of hydrogen-bond acceptors (Lipinski definition) is 7. The summed E-state index contributed by atoms with van der Waals surface area (Å²) in [5.74, 6) is -1.37. The summed E-state index contributed by atoms with van der Waals surface area (Å²) in [7, 11) is 0. The molecule has 0 heterocycles. The molecule has 0 unspecified atom stereocenters. The minimum Gasteiger partial charge on any atom is -0.502 e. The second-order valence-corrected chi connectivity index (χ2v) is 5.54. The molecule has 0 aliphatic rings. The summed E-state index contributed by atoms with van der Waals surface area (Å²) >= 11 is 3.21. The Morgan fingerprint density at radius 1 is 1.20 bits per heavy atom. The molecule has 1 amide bonds. The number of hydrogen-bond donors (Lipinski definition) is 2. The van der Waals surface area contributed by atoms with E-state index in [1.165, 1.54) is 6.07 Å². The average Bonchev–Trinajstić information content (AvgIpc) is 2.55. The molecule has 11 heteroatoms. The number of benzene rings is 2. The van der Waals surface area contributed by atoms with Gasteiger partial charge in [0.25, 0.3) is 11.6 Å². The quantitative estimate of drug-likeness (QED) is 0.441. The Bertz CT molecular complexity index is 899. The molecular weight excluding hydrogens is 400 g/mol. The summed E-state index contributed by atoms with van der Waals surface area (Å²) in [5.41, 5.74) is 0.736. The van der Waals surface area contributed by atoms with Gasteiger partial charge in [0.05, 0.1) is 27.7 Å². The second kappa shape index (κ2) is 7.49. The highest BCUT2D eigenvalue weighted by Crippen LogP contribution is 2.33. The number of hydrazone groups is 1. The number of halogens is 1. The van der Waals surface area contributed by atoms with Crippen LogP contribution in [-0.4, -0.2) is 27.1 Å². The molecule has 0 atom stereocenters. The maximum atomic E-state index is 11.9. The van der Waals surface area contributed by atoms with Gasteiger partial charge in [-0.15, -0.1) is 0 Å². The van der Waals surface area contributed by atoms with Crippen molar-refractivity contribution in [3.8, 4) is 5.75 Å². The van der Waals surface area contributed by atoms with E-state index in [0.29, 0.717) is 16.1 Å². The topological polar surface area (TPSA) is 148 Å². The van der Waals surface area contributed by atoms with Gasteiger partial charge in [0.15, 0.2) is 0 Å². The van der Waals surface area contributed by atoms with Crippen molar-refractivity contribution in [2.24, 2.45) is 5.10 Å². The zero-order valence-corrected chi connectivity index (χ0v) is 13.8. The molecule has 0 radical (unpaired) electrons. The number of carbonyl (C=O) groups excluding carboxylic acids is 1. The van der Waals surface area contributed by atoms with E-state index in [-0.39, 0.29) is 5.56 Å². The molecule has 2 aromatic carbocycles. The summed E-state index contributed by atoms with van der Waals surface area (Å²) in [6, 6.07) is 7.97. The van der Waals surface area contributed by atoms with Crippen molar-refractivity contribution in [1.82, 2.24) is 5.43 Å². The standard InChI is InChI=1S/C14H9BrN4O6/c15-10-3-1-2-8(4-10)14(21)17-16-7-9-5-11(18(22)23)6-12(13(9)20)19(24)25/h1-7,20H,(H,17,21). The van der Waals surface area contributed by atoms with Gasteiger partial charge in [-0.05, 0) is 18.2 Å². The van der Waals surface area contributed by atoms with Crippen molar-refractivity contribution in [3.63, 3.8) is 0 Å². The third-order valence-corrected chi connectivity index (χ3v) is 3.46. The number of rotatable bonds is 5. The molecule has 2 rings (SSSR count). The van der Waals surface area contributed by atoms with Crippen LogP contribution in [-0.2, 0) is 0 Å². The third kappa shape index (κ3) is 4.35. The lowest BCUT2D eigenvalue weighted by Crippen LogP contribution is -2.17. The van der Waals surface area contributed by atoms with Crippen molar-refractivity contribution in [2.45, 2.75) is 0 Å². The van der Waals surface area contributed by atoms with E-state index in [2.05, 4.69) is 26.5 Å². The van der Waals surface area contributed by atoms with Gasteiger partial charge in [-0.3, -0.25) is 25.0 Å². The van der Waals surface area contributed by atoms with Gasteiger partial charge in [-0.25, -0.2) is 5.43 Å². The molecule has 2 aromatic rings. The van der Waals surface area contributed by atoms with E-state index in [1.807, 2.05) is 0 Å². The van der Waals surface area contributed by atoms with E-state index in [4.69, 9.17) is 0 Å². The molecule has 0 bridgehead atoms. The van der Waals surface area contributed by atoms with Gasteiger partial charge in [0.1, 0.15) is 0 Å². The highest BCUT2D eigenvalue weighted by molar-refractivity contribution is 9.10. The zero-order valence-electron chi connectivity index (χ0n) is 12.2. The minimum atomic E-state index is -0.959. The lowest BCUT2D eigenvalue weighted by Gasteiger charge is -2.02. The van der Waals surface area contributed by atoms with Crippen molar-refractivity contribution in [3.05, 3.63) is 72.2 Å². The van der Waals surface area contributed by atoms with Crippen LogP contribution in [0.1, 0.15) is 15.9 Å². The number of nitro groups is 2. The Kier molecular flexibility index (Phi) is 5.39. The van der Waals surface area contributed by atoms with Gasteiger partial charge in [0, 0.05) is 16.1 Å². The molecule has 128 valence electrons. The largest absolute Gasteiger partial charge is 0.502 e. The van der Waals surface area contributed by atoms with Gasteiger partial charge in [0.2, 0.25) is 5.75 Å². The fraction of sp³-hybridized carbons (Fsp3) is 0. The summed E-state index contributed by atoms with van der Waals surface area (Å²) < 4.78 is 0.677. The summed E-state index contributed by atoms with van der Waals surface area (Å²) in [6.07, 6.45) is 0.880. The Hall–Kier alpha value is -3.34. The minimum absolute atomic E-state index is 0.282. The van der Waals surface area contributed by atoms with Crippen LogP contribution in [0, 0.1) is 20.2 Å². The van der Waals surface area contributed by atoms with Crippen molar-refractivity contribution < 1.29 is 19.7 Å². The van der Waals surface area contributed by atoms with Gasteiger partial charge >= 0.3 is 5.69 Å². The average molecular weight is 409 g/mol. The number of nitro benzene ring substituents is 2. The maximum absolute atomic E-state index is 11.9. The molecule has 0 aromatic heterocycles. The number of nitrogens with one attached hydrogen (secondary N) is 1. The first kappa shape index (κ1) is 18.0. The fourth-order valence-electron chi connectivity index (χ4n) is 1.82. The van der Waals surface area contributed by atoms with Crippen LogP contribution in [0.4, 0.5) is 11.4 Å². The van der Waals surface area contributed by atoms with E-state index in [0.717, 1.165) is 12.3 Å². The Labute approximate surface area is 148 Å². The van der Waals surface area contributed by atoms with Crippen LogP contribution in [0.3, 0.4) is 0 Å². The molecule has 0 spiro atoms. The first-order chi connectivity index (χ1) is 11.8. The lowest BCUT2D eigenvalue weighted by atomic mass is 10.1. The lowest BCUT2D eigenvalue weighted by molar-refractivity contribution is -0.394. The van der Waals surface area contributed by atoms with Crippen molar-refractivity contribution in [1.29, 1.82) is 0 Å². The molecule has 10 nitrogen and oxygen atoms in total. The van der Waals surface area contributed by atoms with Crippen LogP contribution in [0.25, 0.3) is 0 Å². The Morgan fingerprint density at radius 2 is 1.92 bits per heavy atom. The van der Waals surface area contributed by atoms with Crippen LogP contribution < -0.4 is 5.43 Å². The van der Waals surface area contributed by atoms with E-state index < -0.39 is 32.9 Å². The molecule has 0 aliphatic carbocycles. The zero-order chi connectivity index (χ0) is 18.6. The fourth-order valence-corrected chi connectivity index (χ4v) is 2.22. The highest BCUT2D eigenvalue weighted by Gasteiger charge is 2.23. The number of amides is 1. The smallest absolute Gasteiger partial charge is 0.318 e. The molecule has 0 saturated heterocycles. The van der Waals surface area contributed by atoms with Crippen molar-refractivity contribution >= 4 is 39.4 Å². The first-order valence-corrected chi connectivity index (χ1v) is 7.33. The molecule has 0 aliphatic heterocycles. The monoisotopic (exact) mass is 408 g/mol.